The van der Waals surface area contributed by atoms with Crippen LogP contribution in [0.25, 0.3) is 0 Å². The molecule has 3 N–H and O–H groups in total. The number of carbonyl (C=O) groups excluding carboxylic acids is 1. The second-order valence-electron chi connectivity index (χ2n) is 6.91. The lowest BCUT2D eigenvalue weighted by atomic mass is 9.90. The highest BCUT2D eigenvalue weighted by Gasteiger charge is 2.37. The van der Waals surface area contributed by atoms with Crippen molar-refractivity contribution in [2.24, 2.45) is 11.8 Å². The molecule has 5 heteroatoms. The van der Waals surface area contributed by atoms with Gasteiger partial charge in [-0.25, -0.2) is 5.84 Å². The Bertz CT molecular complexity index is 359. The molecule has 0 bridgehead atoms. The van der Waals surface area contributed by atoms with Gasteiger partial charge in [-0.1, -0.05) is 26.8 Å². The van der Waals surface area contributed by atoms with Crippen LogP contribution in [-0.4, -0.2) is 20.8 Å². The van der Waals surface area contributed by atoms with Gasteiger partial charge in [-0.15, -0.1) is 0 Å². The summed E-state index contributed by atoms with van der Waals surface area (Å²) in [5.74, 6) is 5.52. The van der Waals surface area contributed by atoms with Crippen molar-refractivity contribution in [1.82, 2.24) is 5.43 Å². The zero-order valence-electron chi connectivity index (χ0n) is 12.9. The van der Waals surface area contributed by atoms with Crippen LogP contribution in [0.15, 0.2) is 11.6 Å². The molecule has 0 saturated carbocycles. The van der Waals surface area contributed by atoms with Crippen molar-refractivity contribution in [1.29, 1.82) is 0 Å². The van der Waals surface area contributed by atoms with Gasteiger partial charge in [-0.2, -0.15) is 0 Å². The summed E-state index contributed by atoms with van der Waals surface area (Å²) in [6.45, 7) is 12.1. The van der Waals surface area contributed by atoms with Gasteiger partial charge in [-0.3, -0.25) is 10.2 Å². The first-order valence-corrected chi connectivity index (χ1v) is 9.92. The molecule has 1 atom stereocenters. The second kappa shape index (κ2) is 6.20. The summed E-state index contributed by atoms with van der Waals surface area (Å²) in [6.07, 6.45) is 4.73. The van der Waals surface area contributed by atoms with Crippen LogP contribution in [0, 0.1) is 5.92 Å². The van der Waals surface area contributed by atoms with Gasteiger partial charge in [0.25, 0.3) is 5.91 Å². The van der Waals surface area contributed by atoms with Crippen LogP contribution >= 0.6 is 0 Å². The number of carbonyl (C=O) groups is 1. The summed E-state index contributed by atoms with van der Waals surface area (Å²) in [6, 6.07) is 0. The molecular weight excluding hydrogens is 256 g/mol. The molecule has 0 radical (unpaired) electrons. The monoisotopic (exact) mass is 284 g/mol. The molecule has 0 aromatic rings. The molecule has 1 unspecified atom stereocenters. The molecule has 1 amide bonds. The molecule has 0 aliphatic heterocycles. The van der Waals surface area contributed by atoms with Crippen molar-refractivity contribution in [2.75, 3.05) is 6.61 Å². The SMILES string of the molecule is CC(C)(C)[Si](C)(C)OCC1CC=C(C(=O)NN)CC1. The first-order chi connectivity index (χ1) is 8.67. The largest absolute Gasteiger partial charge is 0.417 e. The summed E-state index contributed by atoms with van der Waals surface area (Å²) >= 11 is 0. The van der Waals surface area contributed by atoms with Gasteiger partial charge in [-0.05, 0) is 43.3 Å². The number of hydrogen-bond acceptors (Lipinski definition) is 3. The quantitative estimate of drug-likeness (QED) is 0.361. The van der Waals surface area contributed by atoms with Crippen LogP contribution in [0.2, 0.25) is 18.1 Å². The minimum absolute atomic E-state index is 0.149. The fourth-order valence-electron chi connectivity index (χ4n) is 1.88. The van der Waals surface area contributed by atoms with Crippen molar-refractivity contribution in [3.05, 3.63) is 11.6 Å². The lowest BCUT2D eigenvalue weighted by molar-refractivity contribution is -0.117. The lowest BCUT2D eigenvalue weighted by Crippen LogP contribution is -2.42. The Kier molecular flexibility index (Phi) is 5.35. The van der Waals surface area contributed by atoms with E-state index >= 15 is 0 Å². The van der Waals surface area contributed by atoms with E-state index in [-0.39, 0.29) is 10.9 Å². The van der Waals surface area contributed by atoms with Gasteiger partial charge in [0.15, 0.2) is 8.32 Å². The fraction of sp³-hybridized carbons (Fsp3) is 0.786. The van der Waals surface area contributed by atoms with E-state index in [4.69, 9.17) is 10.3 Å². The minimum atomic E-state index is -1.65. The van der Waals surface area contributed by atoms with Gasteiger partial charge < -0.3 is 4.43 Å². The molecule has 0 aromatic heterocycles. The second-order valence-corrected chi connectivity index (χ2v) is 11.7. The van der Waals surface area contributed by atoms with E-state index in [1.165, 1.54) is 0 Å². The molecule has 0 heterocycles. The molecule has 19 heavy (non-hydrogen) atoms. The standard InChI is InChI=1S/C14H28N2O2Si/c1-14(2,3)19(4,5)18-10-11-6-8-12(9-7-11)13(17)16-15/h8,11H,6-7,9-10,15H2,1-5H3,(H,16,17). The molecule has 1 rings (SSSR count). The number of hydrazine groups is 1. The molecule has 0 saturated heterocycles. The van der Waals surface area contributed by atoms with E-state index in [1.54, 1.807) is 0 Å². The van der Waals surface area contributed by atoms with Crippen molar-refractivity contribution in [2.45, 2.75) is 58.2 Å². The zero-order chi connectivity index (χ0) is 14.7. The number of hydrogen-bond donors (Lipinski definition) is 2. The summed E-state index contributed by atoms with van der Waals surface area (Å²) in [7, 11) is -1.65. The number of nitrogens with two attached hydrogens (primary N) is 1. The summed E-state index contributed by atoms with van der Waals surface area (Å²) in [5, 5.41) is 0.252. The predicted octanol–water partition coefficient (Wildman–Crippen LogP) is 2.72. The number of allylic oxidation sites excluding steroid dienone is 1. The third-order valence-corrected chi connectivity index (χ3v) is 8.93. The van der Waals surface area contributed by atoms with Crippen molar-refractivity contribution in [3.63, 3.8) is 0 Å². The van der Waals surface area contributed by atoms with E-state index in [2.05, 4.69) is 39.3 Å². The highest BCUT2D eigenvalue weighted by Crippen LogP contribution is 2.37. The fourth-order valence-corrected chi connectivity index (χ4v) is 2.97. The number of amides is 1. The van der Waals surface area contributed by atoms with E-state index in [1.807, 2.05) is 6.08 Å². The average molecular weight is 284 g/mol. The maximum atomic E-state index is 11.4. The molecule has 0 spiro atoms. The maximum Gasteiger partial charge on any atom is 0.260 e. The minimum Gasteiger partial charge on any atom is -0.417 e. The third-order valence-electron chi connectivity index (χ3n) is 4.43. The summed E-state index contributed by atoms with van der Waals surface area (Å²) < 4.78 is 6.24. The number of nitrogens with one attached hydrogen (secondary N) is 1. The Hall–Kier alpha value is -0.653. The lowest BCUT2D eigenvalue weighted by Gasteiger charge is -2.37. The van der Waals surface area contributed by atoms with Crippen LogP contribution in [0.1, 0.15) is 40.0 Å². The molecule has 110 valence electrons. The van der Waals surface area contributed by atoms with Crippen molar-refractivity contribution < 1.29 is 9.22 Å². The van der Waals surface area contributed by atoms with Gasteiger partial charge in [0.2, 0.25) is 0 Å². The Labute approximate surface area is 117 Å². The van der Waals surface area contributed by atoms with Crippen molar-refractivity contribution >= 4 is 14.2 Å². The Morgan fingerprint density at radius 2 is 2.16 bits per heavy atom. The first kappa shape index (κ1) is 16.4. The van der Waals surface area contributed by atoms with Gasteiger partial charge in [0, 0.05) is 12.2 Å². The predicted molar refractivity (Wildman–Crippen MR) is 80.9 cm³/mol. The number of rotatable bonds is 4. The van der Waals surface area contributed by atoms with Crippen LogP contribution < -0.4 is 11.3 Å². The molecule has 0 fully saturated rings. The Morgan fingerprint density at radius 1 is 1.53 bits per heavy atom. The summed E-state index contributed by atoms with van der Waals surface area (Å²) in [4.78, 5) is 11.4. The molecular formula is C14H28N2O2Si. The van der Waals surface area contributed by atoms with Gasteiger partial charge >= 0.3 is 0 Å². The highest BCUT2D eigenvalue weighted by atomic mass is 28.4. The van der Waals surface area contributed by atoms with E-state index in [0.717, 1.165) is 31.4 Å². The maximum absolute atomic E-state index is 11.4. The average Bonchev–Trinajstić information content (AvgIpc) is 2.35. The van der Waals surface area contributed by atoms with Crippen LogP contribution in [-0.2, 0) is 9.22 Å². The van der Waals surface area contributed by atoms with E-state index in [0.29, 0.717) is 5.92 Å². The third kappa shape index (κ3) is 4.44. The Balaban J connectivity index is 2.46. The van der Waals surface area contributed by atoms with E-state index in [9.17, 15) is 4.79 Å². The molecule has 1 aliphatic carbocycles. The molecule has 0 aromatic carbocycles. The van der Waals surface area contributed by atoms with Crippen LogP contribution in [0.5, 0.6) is 0 Å². The van der Waals surface area contributed by atoms with E-state index < -0.39 is 8.32 Å². The highest BCUT2D eigenvalue weighted by molar-refractivity contribution is 6.74. The van der Waals surface area contributed by atoms with Crippen molar-refractivity contribution in [3.8, 4) is 0 Å². The van der Waals surface area contributed by atoms with Crippen LogP contribution in [0.3, 0.4) is 0 Å². The summed E-state index contributed by atoms with van der Waals surface area (Å²) in [5.41, 5.74) is 3.01. The smallest absolute Gasteiger partial charge is 0.260 e. The van der Waals surface area contributed by atoms with Gasteiger partial charge in [0.05, 0.1) is 0 Å². The molecule has 4 nitrogen and oxygen atoms in total. The normalized spacial score (nSPS) is 20.9. The first-order valence-electron chi connectivity index (χ1n) is 7.01. The molecule has 1 aliphatic rings. The topological polar surface area (TPSA) is 64.3 Å². The zero-order valence-corrected chi connectivity index (χ0v) is 13.9. The van der Waals surface area contributed by atoms with Gasteiger partial charge in [0.1, 0.15) is 0 Å². The van der Waals surface area contributed by atoms with Crippen LogP contribution in [0.4, 0.5) is 0 Å². The Morgan fingerprint density at radius 3 is 2.58 bits per heavy atom.